The number of hydrogen-bond acceptors (Lipinski definition) is 4. The maximum absolute atomic E-state index is 13.3. The minimum absolute atomic E-state index is 0.184. The summed E-state index contributed by atoms with van der Waals surface area (Å²) in [6.45, 7) is 7.91. The van der Waals surface area contributed by atoms with Crippen molar-refractivity contribution in [2.24, 2.45) is 5.92 Å². The van der Waals surface area contributed by atoms with Crippen molar-refractivity contribution in [1.29, 1.82) is 0 Å². The van der Waals surface area contributed by atoms with E-state index in [1.165, 1.54) is 12.3 Å². The summed E-state index contributed by atoms with van der Waals surface area (Å²) in [7, 11) is 0. The van der Waals surface area contributed by atoms with Crippen LogP contribution in [0.1, 0.15) is 32.8 Å². The van der Waals surface area contributed by atoms with Crippen LogP contribution < -0.4 is 10.1 Å². The molecule has 26 heavy (non-hydrogen) atoms. The third-order valence-electron chi connectivity index (χ3n) is 3.90. The maximum Gasteiger partial charge on any atom is 0.405 e. The number of carbonyl (C=O) groups is 1. The van der Waals surface area contributed by atoms with E-state index in [0.717, 1.165) is 5.56 Å². The van der Waals surface area contributed by atoms with Crippen LogP contribution in [0.25, 0.3) is 11.3 Å². The minimum atomic E-state index is -1.08. The average molecular weight is 361 g/mol. The number of carboxylic acid groups (broad SMARTS) is 1. The number of aromatic nitrogens is 2. The van der Waals surface area contributed by atoms with Crippen molar-refractivity contribution in [3.8, 4) is 17.0 Å². The van der Waals surface area contributed by atoms with Crippen LogP contribution in [0, 0.1) is 18.8 Å². The highest BCUT2D eigenvalue weighted by atomic mass is 19.1. The molecule has 0 aliphatic carbocycles. The zero-order chi connectivity index (χ0) is 19.3. The molecule has 0 radical (unpaired) electrons. The number of rotatable bonds is 7. The molecule has 2 aromatic heterocycles. The van der Waals surface area contributed by atoms with E-state index in [1.807, 2.05) is 27.7 Å². The summed E-state index contributed by atoms with van der Waals surface area (Å²) in [5.74, 6) is 0.301. The molecular formula is C19H24FN3O3. The summed E-state index contributed by atoms with van der Waals surface area (Å²) in [5.41, 5.74) is 1.36. The molecule has 1 amide bonds. The third-order valence-corrected chi connectivity index (χ3v) is 3.90. The summed E-state index contributed by atoms with van der Waals surface area (Å²) >= 11 is 0. The quantitative estimate of drug-likeness (QED) is 0.727. The first-order valence-corrected chi connectivity index (χ1v) is 8.41. The molecule has 0 bridgehead atoms. The Labute approximate surface area is 152 Å². The van der Waals surface area contributed by atoms with Crippen LogP contribution in [0.3, 0.4) is 0 Å². The molecule has 0 saturated carbocycles. The fourth-order valence-corrected chi connectivity index (χ4v) is 2.96. The second-order valence-corrected chi connectivity index (χ2v) is 7.08. The Bertz CT molecular complexity index is 782. The summed E-state index contributed by atoms with van der Waals surface area (Å²) in [6, 6.07) is 4.80. The highest BCUT2D eigenvalue weighted by molar-refractivity contribution is 5.65. The van der Waals surface area contributed by atoms with Crippen molar-refractivity contribution in [2.45, 2.75) is 39.7 Å². The lowest BCUT2D eigenvalue weighted by molar-refractivity contribution is 0.142. The molecule has 2 rings (SSSR count). The fraction of sp³-hybridized carbons (Fsp3) is 0.421. The molecule has 0 aliphatic heterocycles. The van der Waals surface area contributed by atoms with Crippen LogP contribution in [-0.4, -0.2) is 33.3 Å². The van der Waals surface area contributed by atoms with Gasteiger partial charge in [-0.3, -0.25) is 4.98 Å². The van der Waals surface area contributed by atoms with Crippen LogP contribution in [-0.2, 0) is 0 Å². The van der Waals surface area contributed by atoms with Gasteiger partial charge in [0.15, 0.2) is 0 Å². The topological polar surface area (TPSA) is 84.3 Å². The molecule has 1 unspecified atom stereocenters. The predicted molar refractivity (Wildman–Crippen MR) is 96.7 cm³/mol. The van der Waals surface area contributed by atoms with E-state index in [-0.39, 0.29) is 6.61 Å². The molecule has 2 N–H and O–H groups in total. The Kier molecular flexibility index (Phi) is 6.13. The number of amides is 1. The monoisotopic (exact) mass is 361 g/mol. The molecule has 0 fully saturated rings. The van der Waals surface area contributed by atoms with Crippen LogP contribution in [0.4, 0.5) is 9.18 Å². The lowest BCUT2D eigenvalue weighted by atomic mass is 9.91. The molecule has 7 heteroatoms. The number of halogens is 1. The summed E-state index contributed by atoms with van der Waals surface area (Å²) in [4.78, 5) is 18.9. The molecular weight excluding hydrogens is 337 g/mol. The van der Waals surface area contributed by atoms with Crippen molar-refractivity contribution in [1.82, 2.24) is 15.3 Å². The zero-order valence-electron chi connectivity index (χ0n) is 15.4. The van der Waals surface area contributed by atoms with Gasteiger partial charge in [-0.15, -0.1) is 0 Å². The highest BCUT2D eigenvalue weighted by Gasteiger charge is 2.28. The number of hydrogen-bond donors (Lipinski definition) is 2. The normalized spacial score (nSPS) is 13.3. The SMILES string of the molecule is Cc1cc(-c2ccnc(F)c2)ncc1OCC(C)(CC(C)C)NC(=O)O. The Morgan fingerprint density at radius 2 is 2.12 bits per heavy atom. The van der Waals surface area contributed by atoms with Gasteiger partial charge in [0.1, 0.15) is 12.4 Å². The molecule has 0 spiro atoms. The molecule has 6 nitrogen and oxygen atoms in total. The summed E-state index contributed by atoms with van der Waals surface area (Å²) in [6.07, 6.45) is 2.52. The predicted octanol–water partition coefficient (Wildman–Crippen LogP) is 4.04. The smallest absolute Gasteiger partial charge is 0.405 e. The summed E-state index contributed by atoms with van der Waals surface area (Å²) in [5, 5.41) is 11.6. The first kappa shape index (κ1) is 19.6. The summed E-state index contributed by atoms with van der Waals surface area (Å²) < 4.78 is 19.1. The van der Waals surface area contributed by atoms with Crippen molar-refractivity contribution in [3.63, 3.8) is 0 Å². The van der Waals surface area contributed by atoms with Gasteiger partial charge < -0.3 is 15.2 Å². The first-order valence-electron chi connectivity index (χ1n) is 8.41. The molecule has 140 valence electrons. The highest BCUT2D eigenvalue weighted by Crippen LogP contribution is 2.25. The van der Waals surface area contributed by atoms with Crippen LogP contribution in [0.5, 0.6) is 5.75 Å². The Morgan fingerprint density at radius 1 is 1.38 bits per heavy atom. The van der Waals surface area contributed by atoms with Crippen LogP contribution in [0.15, 0.2) is 30.6 Å². The largest absolute Gasteiger partial charge is 0.489 e. The Hall–Kier alpha value is -2.70. The number of pyridine rings is 2. The van der Waals surface area contributed by atoms with E-state index in [4.69, 9.17) is 9.84 Å². The van der Waals surface area contributed by atoms with Gasteiger partial charge in [-0.2, -0.15) is 4.39 Å². The van der Waals surface area contributed by atoms with Crippen molar-refractivity contribution in [2.75, 3.05) is 6.61 Å². The van der Waals surface area contributed by atoms with Gasteiger partial charge in [0.2, 0.25) is 5.95 Å². The van der Waals surface area contributed by atoms with Crippen molar-refractivity contribution in [3.05, 3.63) is 42.1 Å². The molecule has 1 atom stereocenters. The zero-order valence-corrected chi connectivity index (χ0v) is 15.4. The molecule has 0 aromatic carbocycles. The molecule has 2 aromatic rings. The van der Waals surface area contributed by atoms with Gasteiger partial charge in [-0.1, -0.05) is 13.8 Å². The molecule has 0 aliphatic rings. The number of nitrogens with one attached hydrogen (secondary N) is 1. The average Bonchev–Trinajstić information content (AvgIpc) is 2.52. The standard InChI is InChI=1S/C19H24FN3O3/c1-12(2)9-19(4,23-18(24)25)11-26-16-10-22-15(7-13(16)3)14-5-6-21-17(20)8-14/h5-8,10,12,23H,9,11H2,1-4H3,(H,24,25). The number of ether oxygens (including phenoxy) is 1. The first-order chi connectivity index (χ1) is 12.2. The minimum Gasteiger partial charge on any atom is -0.489 e. The van der Waals surface area contributed by atoms with E-state index in [0.29, 0.717) is 29.3 Å². The van der Waals surface area contributed by atoms with Gasteiger partial charge in [-0.05, 0) is 43.9 Å². The number of nitrogens with zero attached hydrogens (tertiary/aromatic N) is 2. The third kappa shape index (κ3) is 5.40. The van der Waals surface area contributed by atoms with E-state index >= 15 is 0 Å². The van der Waals surface area contributed by atoms with E-state index < -0.39 is 17.6 Å². The Balaban J connectivity index is 2.15. The van der Waals surface area contributed by atoms with Gasteiger partial charge in [0, 0.05) is 17.8 Å². The van der Waals surface area contributed by atoms with E-state index in [2.05, 4.69) is 15.3 Å². The van der Waals surface area contributed by atoms with Gasteiger partial charge in [0.05, 0.1) is 17.4 Å². The second-order valence-electron chi connectivity index (χ2n) is 7.08. The Morgan fingerprint density at radius 3 is 2.69 bits per heavy atom. The van der Waals surface area contributed by atoms with Gasteiger partial charge in [-0.25, -0.2) is 9.78 Å². The van der Waals surface area contributed by atoms with Gasteiger partial charge in [0.25, 0.3) is 0 Å². The van der Waals surface area contributed by atoms with Crippen molar-refractivity contribution >= 4 is 6.09 Å². The lowest BCUT2D eigenvalue weighted by Crippen LogP contribution is -2.50. The van der Waals surface area contributed by atoms with Crippen molar-refractivity contribution < 1.29 is 19.0 Å². The fourth-order valence-electron chi connectivity index (χ4n) is 2.96. The molecule has 0 saturated heterocycles. The van der Waals surface area contributed by atoms with E-state index in [9.17, 15) is 9.18 Å². The second kappa shape index (κ2) is 8.12. The van der Waals surface area contributed by atoms with Gasteiger partial charge >= 0.3 is 6.09 Å². The van der Waals surface area contributed by atoms with Crippen LogP contribution in [0.2, 0.25) is 0 Å². The van der Waals surface area contributed by atoms with E-state index in [1.54, 1.807) is 18.3 Å². The van der Waals surface area contributed by atoms with Crippen LogP contribution >= 0.6 is 0 Å². The molecule has 2 heterocycles. The lowest BCUT2D eigenvalue weighted by Gasteiger charge is -2.31. The maximum atomic E-state index is 13.3. The number of aryl methyl sites for hydroxylation is 1.